The summed E-state index contributed by atoms with van der Waals surface area (Å²) in [5, 5.41) is 13.5. The van der Waals surface area contributed by atoms with Gasteiger partial charge in [-0.1, -0.05) is 42.5 Å². The summed E-state index contributed by atoms with van der Waals surface area (Å²) in [6.07, 6.45) is 2.74. The Morgan fingerprint density at radius 1 is 1.03 bits per heavy atom. The van der Waals surface area contributed by atoms with Crippen LogP contribution in [-0.2, 0) is 29.5 Å². The van der Waals surface area contributed by atoms with Gasteiger partial charge in [0.2, 0.25) is 0 Å². The third-order valence-corrected chi connectivity index (χ3v) is 6.76. The van der Waals surface area contributed by atoms with Crippen LogP contribution in [0.3, 0.4) is 0 Å². The monoisotopic (exact) mass is 527 g/mol. The van der Waals surface area contributed by atoms with Gasteiger partial charge in [0.15, 0.2) is 11.5 Å². The smallest absolute Gasteiger partial charge is 0.411 e. The van der Waals surface area contributed by atoms with E-state index in [9.17, 15) is 14.7 Å². The molecule has 1 fully saturated rings. The highest BCUT2D eigenvalue weighted by Crippen LogP contribution is 2.39. The van der Waals surface area contributed by atoms with E-state index in [2.05, 4.69) is 5.10 Å². The van der Waals surface area contributed by atoms with E-state index in [-0.39, 0.29) is 19.0 Å². The lowest BCUT2D eigenvalue weighted by molar-refractivity contribution is -0.136. The zero-order valence-corrected chi connectivity index (χ0v) is 21.9. The Balaban J connectivity index is 1.51. The van der Waals surface area contributed by atoms with E-state index in [4.69, 9.17) is 14.2 Å². The maximum absolute atomic E-state index is 13.0. The molecule has 0 aliphatic carbocycles. The highest BCUT2D eigenvalue weighted by molar-refractivity contribution is 5.72. The number of nitrogens with zero attached hydrogens (tertiary/aromatic N) is 3. The van der Waals surface area contributed by atoms with Crippen molar-refractivity contribution in [1.82, 2.24) is 14.7 Å². The van der Waals surface area contributed by atoms with Gasteiger partial charge in [-0.2, -0.15) is 5.10 Å². The number of ether oxygens (including phenoxy) is 3. The van der Waals surface area contributed by atoms with E-state index in [1.807, 2.05) is 68.7 Å². The first-order valence-corrected chi connectivity index (χ1v) is 12.5. The molecule has 39 heavy (non-hydrogen) atoms. The number of carboxylic acid groups (broad SMARTS) is 1. The number of amides is 1. The van der Waals surface area contributed by atoms with Gasteiger partial charge in [-0.25, -0.2) is 4.79 Å². The van der Waals surface area contributed by atoms with E-state index in [1.165, 1.54) is 7.11 Å². The van der Waals surface area contributed by atoms with Crippen molar-refractivity contribution in [2.24, 2.45) is 7.05 Å². The van der Waals surface area contributed by atoms with Crippen molar-refractivity contribution in [1.29, 1.82) is 0 Å². The number of aliphatic carboxylic acids is 1. The van der Waals surface area contributed by atoms with Crippen LogP contribution in [0.2, 0.25) is 0 Å². The highest BCUT2D eigenvalue weighted by Gasteiger charge is 2.40. The number of carbonyl (C=O) groups excluding carboxylic acids is 1. The summed E-state index contributed by atoms with van der Waals surface area (Å²) in [7, 11) is 3.38. The Morgan fingerprint density at radius 3 is 2.49 bits per heavy atom. The summed E-state index contributed by atoms with van der Waals surface area (Å²) in [5.41, 5.74) is 4.10. The van der Waals surface area contributed by atoms with Crippen molar-refractivity contribution in [3.8, 4) is 28.4 Å². The summed E-state index contributed by atoms with van der Waals surface area (Å²) in [5.74, 6) is 0.411. The van der Waals surface area contributed by atoms with Crippen LogP contribution in [0.1, 0.15) is 29.7 Å². The molecule has 5 rings (SSSR count). The number of aromatic nitrogens is 2. The third-order valence-electron chi connectivity index (χ3n) is 6.76. The molecular formula is C30H29N3O6. The van der Waals surface area contributed by atoms with Crippen LogP contribution >= 0.6 is 0 Å². The second-order valence-corrected chi connectivity index (χ2v) is 9.47. The van der Waals surface area contributed by atoms with E-state index in [1.54, 1.807) is 34.0 Å². The molecule has 1 amide bonds. The molecule has 9 nitrogen and oxygen atoms in total. The van der Waals surface area contributed by atoms with Crippen LogP contribution in [0, 0.1) is 0 Å². The fourth-order valence-electron chi connectivity index (χ4n) is 4.74. The molecule has 1 aliphatic rings. The Kier molecular flexibility index (Phi) is 7.23. The zero-order valence-electron chi connectivity index (χ0n) is 21.9. The molecule has 4 aromatic rings. The lowest BCUT2D eigenvalue weighted by atomic mass is 10.0. The lowest BCUT2D eigenvalue weighted by Gasteiger charge is -2.23. The van der Waals surface area contributed by atoms with Gasteiger partial charge in [0, 0.05) is 24.4 Å². The number of hydrogen-bond donors (Lipinski definition) is 1. The van der Waals surface area contributed by atoms with Crippen LogP contribution < -0.4 is 9.47 Å². The van der Waals surface area contributed by atoms with Gasteiger partial charge in [0.25, 0.3) is 0 Å². The topological polar surface area (TPSA) is 103 Å². The average Bonchev–Trinajstić information content (AvgIpc) is 3.48. The van der Waals surface area contributed by atoms with Crippen LogP contribution in [0.25, 0.3) is 11.1 Å². The minimum Gasteiger partial charge on any atom is -0.493 e. The number of carbonyl (C=O) groups is 2. The Morgan fingerprint density at radius 2 is 1.79 bits per heavy atom. The minimum absolute atomic E-state index is 0.148. The van der Waals surface area contributed by atoms with Crippen molar-refractivity contribution < 1.29 is 28.9 Å². The highest BCUT2D eigenvalue weighted by atomic mass is 16.6. The Hall–Kier alpha value is -4.79. The SMILES string of the molecule is COc1ccc(CC(=O)O)cc1Oc1ccc(-c2cnn(C)c2)cc1CN1C(=O)O[C@H](c2ccccc2)[C@@H]1C. The molecule has 0 saturated carbocycles. The molecule has 0 bridgehead atoms. The molecule has 0 radical (unpaired) electrons. The first kappa shape index (κ1) is 25.8. The Labute approximate surface area is 226 Å². The van der Waals surface area contributed by atoms with Crippen molar-refractivity contribution in [2.45, 2.75) is 32.0 Å². The number of aryl methyl sites for hydroxylation is 1. The number of carboxylic acids is 1. The maximum atomic E-state index is 13.0. The number of hydrogen-bond acceptors (Lipinski definition) is 6. The third kappa shape index (κ3) is 5.57. The molecule has 3 aromatic carbocycles. The van der Waals surface area contributed by atoms with E-state index < -0.39 is 18.2 Å². The Bertz CT molecular complexity index is 1500. The normalized spacial score (nSPS) is 16.7. The molecule has 2 atom stereocenters. The first-order valence-electron chi connectivity index (χ1n) is 12.5. The van der Waals surface area contributed by atoms with Gasteiger partial charge in [0.1, 0.15) is 11.9 Å². The second-order valence-electron chi connectivity index (χ2n) is 9.47. The standard InChI is InChI=1S/C30H29N3O6/c1-19-29(21-7-5-4-6-8-21)39-30(36)33(19)18-23-15-22(24-16-31-32(2)17-24)10-12-25(23)38-27-13-20(14-28(34)35)9-11-26(27)37-3/h4-13,15-17,19,29H,14,18H2,1-3H3,(H,34,35)/t19-,29-/m0/s1. The predicted octanol–water partition coefficient (Wildman–Crippen LogP) is 5.60. The van der Waals surface area contributed by atoms with Crippen LogP contribution in [-0.4, -0.2) is 45.0 Å². The van der Waals surface area contributed by atoms with Crippen LogP contribution in [0.5, 0.6) is 17.2 Å². The van der Waals surface area contributed by atoms with Gasteiger partial charge in [-0.05, 0) is 47.9 Å². The average molecular weight is 528 g/mol. The van der Waals surface area contributed by atoms with E-state index >= 15 is 0 Å². The quantitative estimate of drug-likeness (QED) is 0.302. The molecule has 200 valence electrons. The van der Waals surface area contributed by atoms with Crippen LogP contribution in [0.15, 0.2) is 79.1 Å². The molecule has 2 heterocycles. The maximum Gasteiger partial charge on any atom is 0.411 e. The number of rotatable bonds is 9. The summed E-state index contributed by atoms with van der Waals surface area (Å²) < 4.78 is 19.3. The fourth-order valence-corrected chi connectivity index (χ4v) is 4.74. The summed E-state index contributed by atoms with van der Waals surface area (Å²) >= 11 is 0. The summed E-state index contributed by atoms with van der Waals surface area (Å²) in [4.78, 5) is 26.0. The van der Waals surface area contributed by atoms with Crippen molar-refractivity contribution >= 4 is 12.1 Å². The molecule has 0 unspecified atom stereocenters. The number of benzene rings is 3. The molecule has 0 spiro atoms. The van der Waals surface area contributed by atoms with E-state index in [0.717, 1.165) is 22.3 Å². The largest absolute Gasteiger partial charge is 0.493 e. The van der Waals surface area contributed by atoms with Gasteiger partial charge >= 0.3 is 12.1 Å². The summed E-state index contributed by atoms with van der Waals surface area (Å²) in [6.45, 7) is 2.20. The number of cyclic esters (lactones) is 1. The van der Waals surface area contributed by atoms with Gasteiger partial charge in [0.05, 0.1) is 32.3 Å². The molecule has 1 saturated heterocycles. The van der Waals surface area contributed by atoms with Gasteiger partial charge < -0.3 is 19.3 Å². The molecule has 9 heteroatoms. The molecule has 1 N–H and O–H groups in total. The van der Waals surface area contributed by atoms with Crippen LogP contribution in [0.4, 0.5) is 4.79 Å². The molecular weight excluding hydrogens is 498 g/mol. The van der Waals surface area contributed by atoms with Crippen molar-refractivity contribution in [3.63, 3.8) is 0 Å². The molecule has 1 aromatic heterocycles. The van der Waals surface area contributed by atoms with Crippen molar-refractivity contribution in [3.05, 3.63) is 95.8 Å². The second kappa shape index (κ2) is 10.9. The zero-order chi connectivity index (χ0) is 27.5. The van der Waals surface area contributed by atoms with Crippen molar-refractivity contribution in [2.75, 3.05) is 7.11 Å². The van der Waals surface area contributed by atoms with Gasteiger partial charge in [-0.3, -0.25) is 14.4 Å². The fraction of sp³-hybridized carbons (Fsp3) is 0.233. The summed E-state index contributed by atoms with van der Waals surface area (Å²) in [6, 6.07) is 20.2. The lowest BCUT2D eigenvalue weighted by Crippen LogP contribution is -2.31. The number of methoxy groups -OCH3 is 1. The molecule has 1 aliphatic heterocycles. The van der Waals surface area contributed by atoms with Gasteiger partial charge in [-0.15, -0.1) is 0 Å². The first-order chi connectivity index (χ1) is 18.8. The van der Waals surface area contributed by atoms with E-state index in [0.29, 0.717) is 22.8 Å². The predicted molar refractivity (Wildman–Crippen MR) is 144 cm³/mol. The minimum atomic E-state index is -0.942.